The van der Waals surface area contributed by atoms with Crippen LogP contribution in [0.1, 0.15) is 44.0 Å². The second-order valence-corrected chi connectivity index (χ2v) is 8.42. The zero-order valence-electron chi connectivity index (χ0n) is 18.9. The summed E-state index contributed by atoms with van der Waals surface area (Å²) in [5.41, 5.74) is 0.795. The lowest BCUT2D eigenvalue weighted by molar-refractivity contribution is -0.120. The first kappa shape index (κ1) is 22.0. The van der Waals surface area contributed by atoms with Gasteiger partial charge in [-0.1, -0.05) is 26.0 Å². The van der Waals surface area contributed by atoms with E-state index in [1.54, 1.807) is 40.2 Å². The number of carbonyl (C=O) groups is 3. The van der Waals surface area contributed by atoms with Crippen LogP contribution in [0.3, 0.4) is 0 Å². The molecule has 0 saturated carbocycles. The third-order valence-electron chi connectivity index (χ3n) is 6.50. The number of rotatable bonds is 8. The highest BCUT2D eigenvalue weighted by Crippen LogP contribution is 2.43. The lowest BCUT2D eigenvalue weighted by Crippen LogP contribution is -2.63. The molecule has 9 nitrogen and oxygen atoms in total. The molecule has 1 unspecified atom stereocenters. The number of hydrogen-bond donors (Lipinski definition) is 1. The van der Waals surface area contributed by atoms with Crippen molar-refractivity contribution in [1.82, 2.24) is 19.6 Å². The zero-order chi connectivity index (χ0) is 22.9. The number of nitrogens with zero attached hydrogens (tertiary/aromatic N) is 5. The molecule has 170 valence electrons. The third-order valence-corrected chi connectivity index (χ3v) is 6.50. The fourth-order valence-corrected chi connectivity index (χ4v) is 4.62. The Kier molecular flexibility index (Phi) is 6.01. The van der Waals surface area contributed by atoms with E-state index in [1.807, 2.05) is 13.0 Å². The molecule has 1 fully saturated rings. The van der Waals surface area contributed by atoms with Crippen LogP contribution in [-0.4, -0.2) is 69.1 Å². The van der Waals surface area contributed by atoms with Crippen molar-refractivity contribution >= 4 is 29.1 Å². The number of amides is 3. The molecule has 1 aromatic carbocycles. The summed E-state index contributed by atoms with van der Waals surface area (Å²) in [4.78, 5) is 44.2. The molecule has 1 aromatic heterocycles. The van der Waals surface area contributed by atoms with E-state index < -0.39 is 5.66 Å². The van der Waals surface area contributed by atoms with E-state index in [4.69, 9.17) is 0 Å². The number of likely N-dealkylation sites (N-methyl/N-ethyl adjacent to an activating group) is 1. The van der Waals surface area contributed by atoms with Gasteiger partial charge in [-0.15, -0.1) is 0 Å². The highest BCUT2D eigenvalue weighted by Gasteiger charge is 2.53. The summed E-state index contributed by atoms with van der Waals surface area (Å²) in [5, 5.41) is 7.16. The first-order valence-corrected chi connectivity index (χ1v) is 11.2. The molecule has 0 radical (unpaired) electrons. The van der Waals surface area contributed by atoms with Crippen molar-refractivity contribution in [3.63, 3.8) is 0 Å². The number of carbonyl (C=O) groups excluding carboxylic acids is 3. The van der Waals surface area contributed by atoms with Gasteiger partial charge in [0.15, 0.2) is 0 Å². The molecule has 32 heavy (non-hydrogen) atoms. The first-order valence-electron chi connectivity index (χ1n) is 11.2. The monoisotopic (exact) mass is 438 g/mol. The Morgan fingerprint density at radius 2 is 1.97 bits per heavy atom. The predicted molar refractivity (Wildman–Crippen MR) is 121 cm³/mol. The van der Waals surface area contributed by atoms with Crippen molar-refractivity contribution in [2.45, 2.75) is 45.8 Å². The van der Waals surface area contributed by atoms with E-state index >= 15 is 0 Å². The smallest absolute Gasteiger partial charge is 0.258 e. The van der Waals surface area contributed by atoms with Crippen molar-refractivity contribution in [2.75, 3.05) is 36.4 Å². The average molecular weight is 439 g/mol. The van der Waals surface area contributed by atoms with Crippen LogP contribution in [0.4, 0.5) is 11.4 Å². The summed E-state index contributed by atoms with van der Waals surface area (Å²) in [6.07, 6.45) is 4.24. The largest absolute Gasteiger partial charge is 0.322 e. The number of para-hydroxylation sites is 1. The van der Waals surface area contributed by atoms with E-state index in [-0.39, 0.29) is 24.3 Å². The normalized spacial score (nSPS) is 20.0. The van der Waals surface area contributed by atoms with E-state index in [1.165, 1.54) is 4.90 Å². The van der Waals surface area contributed by atoms with Gasteiger partial charge in [0.2, 0.25) is 11.8 Å². The number of aromatic nitrogens is 2. The highest BCUT2D eigenvalue weighted by atomic mass is 16.2. The summed E-state index contributed by atoms with van der Waals surface area (Å²) in [7, 11) is 0. The van der Waals surface area contributed by atoms with Crippen LogP contribution in [-0.2, 0) is 16.1 Å². The van der Waals surface area contributed by atoms with Gasteiger partial charge >= 0.3 is 0 Å². The second-order valence-electron chi connectivity index (χ2n) is 8.42. The number of fused-ring (bicyclic) bond motifs is 3. The molecular weight excluding hydrogens is 408 g/mol. The molecule has 1 atom stereocenters. The molecule has 2 aromatic rings. The summed E-state index contributed by atoms with van der Waals surface area (Å²) in [6, 6.07) is 7.08. The maximum Gasteiger partial charge on any atom is 0.258 e. The van der Waals surface area contributed by atoms with Gasteiger partial charge < -0.3 is 15.1 Å². The van der Waals surface area contributed by atoms with Gasteiger partial charge in [-0.3, -0.25) is 24.0 Å². The predicted octanol–water partition coefficient (Wildman–Crippen LogP) is 2.16. The molecule has 2 aliphatic heterocycles. The van der Waals surface area contributed by atoms with Gasteiger partial charge in [0, 0.05) is 19.2 Å². The van der Waals surface area contributed by atoms with E-state index in [0.29, 0.717) is 29.8 Å². The summed E-state index contributed by atoms with van der Waals surface area (Å²) in [5.74, 6) is -0.590. The van der Waals surface area contributed by atoms with Crippen LogP contribution in [0.25, 0.3) is 0 Å². The molecule has 9 heteroatoms. The molecule has 0 aliphatic carbocycles. The van der Waals surface area contributed by atoms with Crippen molar-refractivity contribution < 1.29 is 14.4 Å². The SMILES string of the molecule is CCN(CC)CCn1cc(NC(=O)CN2C(=O)c3ccccc3N3C(=O)CCC23C)cn1. The third kappa shape index (κ3) is 3.88. The minimum Gasteiger partial charge on any atom is -0.322 e. The molecule has 1 saturated heterocycles. The van der Waals surface area contributed by atoms with E-state index in [9.17, 15) is 14.4 Å². The molecule has 0 bridgehead atoms. The summed E-state index contributed by atoms with van der Waals surface area (Å²) < 4.78 is 1.80. The Morgan fingerprint density at radius 1 is 1.22 bits per heavy atom. The number of hydrogen-bond acceptors (Lipinski definition) is 5. The molecule has 2 aliphatic rings. The van der Waals surface area contributed by atoms with Gasteiger partial charge in [-0.2, -0.15) is 5.10 Å². The Hall–Kier alpha value is -3.20. The Morgan fingerprint density at radius 3 is 2.72 bits per heavy atom. The molecule has 0 spiro atoms. The van der Waals surface area contributed by atoms with Gasteiger partial charge in [0.05, 0.1) is 29.7 Å². The fourth-order valence-electron chi connectivity index (χ4n) is 4.62. The Labute approximate surface area is 188 Å². The maximum absolute atomic E-state index is 13.3. The zero-order valence-corrected chi connectivity index (χ0v) is 18.9. The minimum absolute atomic E-state index is 0.0349. The van der Waals surface area contributed by atoms with Gasteiger partial charge in [0.25, 0.3) is 5.91 Å². The quantitative estimate of drug-likeness (QED) is 0.682. The van der Waals surface area contributed by atoms with Crippen molar-refractivity contribution in [3.05, 3.63) is 42.2 Å². The van der Waals surface area contributed by atoms with Crippen molar-refractivity contribution in [1.29, 1.82) is 0 Å². The van der Waals surface area contributed by atoms with Crippen molar-refractivity contribution in [2.24, 2.45) is 0 Å². The average Bonchev–Trinajstić information content (AvgIpc) is 3.36. The highest BCUT2D eigenvalue weighted by molar-refractivity contribution is 6.11. The molecule has 3 amide bonds. The summed E-state index contributed by atoms with van der Waals surface area (Å²) in [6.45, 7) is 9.53. The molecule has 3 heterocycles. The Bertz CT molecular complexity index is 1030. The number of benzene rings is 1. The van der Waals surface area contributed by atoms with Crippen LogP contribution in [0, 0.1) is 0 Å². The lowest BCUT2D eigenvalue weighted by atomic mass is 9.98. The number of anilines is 2. The van der Waals surface area contributed by atoms with Gasteiger partial charge in [0.1, 0.15) is 12.2 Å². The van der Waals surface area contributed by atoms with Crippen LogP contribution in [0.15, 0.2) is 36.7 Å². The van der Waals surface area contributed by atoms with Crippen LogP contribution >= 0.6 is 0 Å². The van der Waals surface area contributed by atoms with Crippen LogP contribution < -0.4 is 10.2 Å². The number of nitrogens with one attached hydrogen (secondary N) is 1. The fraction of sp³-hybridized carbons (Fsp3) is 0.478. The Balaban J connectivity index is 1.47. The second kappa shape index (κ2) is 8.74. The molecule has 1 N–H and O–H groups in total. The maximum atomic E-state index is 13.3. The van der Waals surface area contributed by atoms with Crippen LogP contribution in [0.5, 0.6) is 0 Å². The standard InChI is InChI=1S/C23H30N6O3/c1-4-26(5-2)12-13-27-15-17(14-24-27)25-20(30)16-28-22(32)18-8-6-7-9-19(18)29-21(31)10-11-23(28,29)3/h6-9,14-15H,4-5,10-13,16H2,1-3H3,(H,25,30). The lowest BCUT2D eigenvalue weighted by Gasteiger charge is -2.48. The van der Waals surface area contributed by atoms with Gasteiger partial charge in [-0.05, 0) is 38.6 Å². The van der Waals surface area contributed by atoms with E-state index in [2.05, 4.69) is 29.2 Å². The first-order chi connectivity index (χ1) is 15.4. The minimum atomic E-state index is -0.853. The van der Waals surface area contributed by atoms with Crippen molar-refractivity contribution in [3.8, 4) is 0 Å². The molecular formula is C23H30N6O3. The van der Waals surface area contributed by atoms with Crippen LogP contribution in [0.2, 0.25) is 0 Å². The molecule has 4 rings (SSSR count). The summed E-state index contributed by atoms with van der Waals surface area (Å²) >= 11 is 0. The topological polar surface area (TPSA) is 90.8 Å². The van der Waals surface area contributed by atoms with Gasteiger partial charge in [-0.25, -0.2) is 0 Å². The van der Waals surface area contributed by atoms with E-state index in [0.717, 1.165) is 26.2 Å².